The summed E-state index contributed by atoms with van der Waals surface area (Å²) in [6, 6.07) is 2.85. The van der Waals surface area contributed by atoms with E-state index in [4.69, 9.17) is 0 Å². The van der Waals surface area contributed by atoms with Gasteiger partial charge < -0.3 is 10.4 Å². The first kappa shape index (κ1) is 12.8. The molecule has 6 nitrogen and oxygen atoms in total. The van der Waals surface area contributed by atoms with E-state index < -0.39 is 9.84 Å². The predicted octanol–water partition coefficient (Wildman–Crippen LogP) is -1.02. The lowest BCUT2D eigenvalue weighted by atomic mass is 10.2. The summed E-state index contributed by atoms with van der Waals surface area (Å²) in [5, 5.41) is 11.9. The molecule has 1 fully saturated rings. The highest BCUT2D eigenvalue weighted by Crippen LogP contribution is 2.10. The lowest BCUT2D eigenvalue weighted by Crippen LogP contribution is -2.45. The Morgan fingerprint density at radius 1 is 1.56 bits per heavy atom. The molecule has 0 bridgehead atoms. The van der Waals surface area contributed by atoms with Gasteiger partial charge in [0.05, 0.1) is 11.5 Å². The minimum atomic E-state index is -2.98. The third kappa shape index (κ3) is 3.43. The molecule has 1 amide bonds. The van der Waals surface area contributed by atoms with Crippen LogP contribution in [0.25, 0.3) is 0 Å². The van der Waals surface area contributed by atoms with E-state index in [0.717, 1.165) is 0 Å². The number of carbonyl (C=O) groups is 1. The first-order chi connectivity index (χ1) is 8.44. The molecule has 1 aromatic rings. The molecule has 0 aromatic carbocycles. The Morgan fingerprint density at radius 3 is 2.94 bits per heavy atom. The van der Waals surface area contributed by atoms with Crippen molar-refractivity contribution in [1.29, 1.82) is 0 Å². The summed E-state index contributed by atoms with van der Waals surface area (Å²) in [4.78, 5) is 11.7. The number of rotatable bonds is 3. The number of sulfone groups is 1. The molecule has 98 valence electrons. The van der Waals surface area contributed by atoms with Crippen LogP contribution in [0.4, 0.5) is 0 Å². The van der Waals surface area contributed by atoms with Gasteiger partial charge in [0, 0.05) is 12.1 Å². The lowest BCUT2D eigenvalue weighted by Gasteiger charge is -2.08. The molecule has 2 rings (SSSR count). The van der Waals surface area contributed by atoms with Gasteiger partial charge in [0.25, 0.3) is 5.91 Å². The Kier molecular flexibility index (Phi) is 3.51. The molecule has 1 aromatic heterocycles. The van der Waals surface area contributed by atoms with Crippen LogP contribution in [0.2, 0.25) is 0 Å². The molecule has 1 saturated heterocycles. The van der Waals surface area contributed by atoms with Crippen molar-refractivity contribution in [3.8, 4) is 5.75 Å². The van der Waals surface area contributed by atoms with E-state index in [2.05, 4.69) is 5.32 Å². The maximum atomic E-state index is 11.7. The Morgan fingerprint density at radius 2 is 2.33 bits per heavy atom. The smallest absolute Gasteiger partial charge is 0.286 e. The second-order valence-electron chi connectivity index (χ2n) is 4.40. The molecular weight excluding hydrogens is 256 g/mol. The van der Waals surface area contributed by atoms with Gasteiger partial charge in [-0.1, -0.05) is 0 Å². The molecule has 0 unspecified atom stereocenters. The number of nitrogens with zero attached hydrogens (tertiary/aromatic N) is 1. The standard InChI is InChI=1S/C11H14N2O4S/c14-10-2-1-4-13(6-10)7-11(15)12-9-3-5-18(16,17)8-9/h1-2,4,6,9H,3,5,7-8H2,(H-,12,14,15)/p+1/t9-/m1/s1. The van der Waals surface area contributed by atoms with Gasteiger partial charge in [-0.2, -0.15) is 4.57 Å². The highest BCUT2D eigenvalue weighted by Gasteiger charge is 2.29. The van der Waals surface area contributed by atoms with Crippen molar-refractivity contribution in [1.82, 2.24) is 5.32 Å². The first-order valence-corrected chi connectivity index (χ1v) is 7.45. The van der Waals surface area contributed by atoms with Crippen LogP contribution >= 0.6 is 0 Å². The average molecular weight is 271 g/mol. The number of aromatic hydroxyl groups is 1. The minimum absolute atomic E-state index is 0.0173. The molecule has 2 N–H and O–H groups in total. The zero-order valence-corrected chi connectivity index (χ0v) is 10.6. The molecule has 0 aliphatic carbocycles. The van der Waals surface area contributed by atoms with Crippen molar-refractivity contribution in [2.24, 2.45) is 0 Å². The van der Waals surface area contributed by atoms with E-state index in [0.29, 0.717) is 6.42 Å². The van der Waals surface area contributed by atoms with Gasteiger partial charge in [-0.3, -0.25) is 4.79 Å². The quantitative estimate of drug-likeness (QED) is 0.689. The number of nitrogens with one attached hydrogen (secondary N) is 1. The van der Waals surface area contributed by atoms with Crippen molar-refractivity contribution < 1.29 is 22.9 Å². The average Bonchev–Trinajstić information content (AvgIpc) is 2.57. The lowest BCUT2D eigenvalue weighted by molar-refractivity contribution is -0.684. The second-order valence-corrected chi connectivity index (χ2v) is 6.63. The van der Waals surface area contributed by atoms with Gasteiger partial charge in [-0.25, -0.2) is 8.42 Å². The maximum absolute atomic E-state index is 11.7. The predicted molar refractivity (Wildman–Crippen MR) is 63.5 cm³/mol. The van der Waals surface area contributed by atoms with Crippen molar-refractivity contribution in [2.75, 3.05) is 11.5 Å². The Balaban J connectivity index is 1.90. The fourth-order valence-corrected chi connectivity index (χ4v) is 3.63. The number of aromatic nitrogens is 1. The fourth-order valence-electron chi connectivity index (χ4n) is 1.95. The molecule has 18 heavy (non-hydrogen) atoms. The Labute approximate surface area is 105 Å². The van der Waals surface area contributed by atoms with E-state index >= 15 is 0 Å². The van der Waals surface area contributed by atoms with Gasteiger partial charge in [-0.05, 0) is 12.5 Å². The summed E-state index contributed by atoms with van der Waals surface area (Å²) in [5.41, 5.74) is 0. The van der Waals surface area contributed by atoms with Crippen LogP contribution in [0, 0.1) is 0 Å². The second kappa shape index (κ2) is 4.93. The molecule has 0 spiro atoms. The highest BCUT2D eigenvalue weighted by atomic mass is 32.2. The van der Waals surface area contributed by atoms with Crippen molar-refractivity contribution in [2.45, 2.75) is 19.0 Å². The minimum Gasteiger partial charge on any atom is -0.503 e. The Hall–Kier alpha value is -1.63. The molecule has 7 heteroatoms. The van der Waals surface area contributed by atoms with E-state index in [-0.39, 0.29) is 35.7 Å². The zero-order chi connectivity index (χ0) is 13.2. The van der Waals surface area contributed by atoms with Gasteiger partial charge >= 0.3 is 0 Å². The molecular formula is C11H15N2O4S+. The van der Waals surface area contributed by atoms with Crippen LogP contribution < -0.4 is 9.88 Å². The Bertz CT molecular complexity index is 556. The number of carbonyl (C=O) groups excluding carboxylic acids is 1. The summed E-state index contributed by atoms with van der Waals surface area (Å²) >= 11 is 0. The molecule has 1 aliphatic heterocycles. The molecule has 0 saturated carbocycles. The molecule has 1 atom stereocenters. The van der Waals surface area contributed by atoms with Crippen molar-refractivity contribution >= 4 is 15.7 Å². The van der Waals surface area contributed by atoms with Gasteiger partial charge in [-0.15, -0.1) is 0 Å². The van der Waals surface area contributed by atoms with Gasteiger partial charge in [0.2, 0.25) is 12.7 Å². The van der Waals surface area contributed by atoms with Gasteiger partial charge in [0.15, 0.2) is 21.8 Å². The van der Waals surface area contributed by atoms with E-state index in [1.807, 2.05) is 0 Å². The molecule has 0 radical (unpaired) electrons. The number of pyridine rings is 1. The summed E-state index contributed by atoms with van der Waals surface area (Å²) in [6.07, 6.45) is 3.56. The number of amides is 1. The summed E-state index contributed by atoms with van der Waals surface area (Å²) in [6.45, 7) is 0.0605. The summed E-state index contributed by atoms with van der Waals surface area (Å²) in [7, 11) is -2.98. The zero-order valence-electron chi connectivity index (χ0n) is 9.74. The van der Waals surface area contributed by atoms with Crippen LogP contribution in [0.1, 0.15) is 6.42 Å². The molecule has 1 aliphatic rings. The largest absolute Gasteiger partial charge is 0.503 e. The van der Waals surface area contributed by atoms with E-state index in [9.17, 15) is 18.3 Å². The van der Waals surface area contributed by atoms with Crippen LogP contribution in [0.3, 0.4) is 0 Å². The third-order valence-corrected chi connectivity index (χ3v) is 4.53. The third-order valence-electron chi connectivity index (χ3n) is 2.77. The van der Waals surface area contributed by atoms with Crippen LogP contribution in [0.15, 0.2) is 24.5 Å². The first-order valence-electron chi connectivity index (χ1n) is 5.62. The van der Waals surface area contributed by atoms with Gasteiger partial charge in [0.1, 0.15) is 0 Å². The summed E-state index contributed by atoms with van der Waals surface area (Å²) in [5.74, 6) is -0.0258. The molecule has 2 heterocycles. The van der Waals surface area contributed by atoms with E-state index in [1.165, 1.54) is 16.8 Å². The van der Waals surface area contributed by atoms with E-state index in [1.54, 1.807) is 12.3 Å². The van der Waals surface area contributed by atoms with Crippen molar-refractivity contribution in [3.05, 3.63) is 24.5 Å². The monoisotopic (exact) mass is 271 g/mol. The van der Waals surface area contributed by atoms with Crippen LogP contribution in [-0.4, -0.2) is 37.0 Å². The maximum Gasteiger partial charge on any atom is 0.286 e. The SMILES string of the molecule is O=C(C[n+]1cccc(O)c1)N[C@@H]1CCS(=O)(=O)C1. The normalized spacial score (nSPS) is 21.7. The fraction of sp³-hybridized carbons (Fsp3) is 0.455. The highest BCUT2D eigenvalue weighted by molar-refractivity contribution is 7.91. The number of hydrogen-bond acceptors (Lipinski definition) is 4. The van der Waals surface area contributed by atoms with Crippen LogP contribution in [0.5, 0.6) is 5.75 Å². The topological polar surface area (TPSA) is 87.3 Å². The van der Waals surface area contributed by atoms with Crippen LogP contribution in [-0.2, 0) is 21.2 Å². The van der Waals surface area contributed by atoms with Crippen molar-refractivity contribution in [3.63, 3.8) is 0 Å². The summed E-state index contributed by atoms with van der Waals surface area (Å²) < 4.78 is 24.0. The number of hydrogen-bond donors (Lipinski definition) is 2.